The van der Waals surface area contributed by atoms with E-state index in [4.69, 9.17) is 4.42 Å². The van der Waals surface area contributed by atoms with Crippen molar-refractivity contribution in [2.24, 2.45) is 29.1 Å². The Bertz CT molecular complexity index is 3120. The zero-order chi connectivity index (χ0) is 34.9. The number of para-hydroxylation sites is 3. The molecule has 14 rings (SSSR count). The van der Waals surface area contributed by atoms with Gasteiger partial charge in [-0.1, -0.05) is 109 Å². The highest BCUT2D eigenvalue weighted by Gasteiger charge is 2.84. The molecule has 54 heavy (non-hydrogen) atoms. The van der Waals surface area contributed by atoms with Gasteiger partial charge in [0.05, 0.1) is 11.0 Å². The molecule has 2 aromatic heterocycles. The SMILES string of the molecule is c1cc(-c2cccc3c2oc2ccccc23)cc(-n2c3ccccc3c3cc(-c4ccc5c(c4)-c4ccccc4C54C5CC6CC7CC4C75C6)ccc32)c1. The molecule has 0 radical (unpaired) electrons. The van der Waals surface area contributed by atoms with Crippen LogP contribution >= 0.6 is 0 Å². The predicted octanol–water partition coefficient (Wildman–Crippen LogP) is 13.3. The Balaban J connectivity index is 0.907. The van der Waals surface area contributed by atoms with Gasteiger partial charge in [0.2, 0.25) is 0 Å². The normalized spacial score (nSPS) is 26.7. The molecule has 0 aliphatic heterocycles. The molecular weight excluding hydrogens is 655 g/mol. The maximum absolute atomic E-state index is 6.46. The van der Waals surface area contributed by atoms with Crippen molar-refractivity contribution >= 4 is 43.7 Å². The first-order valence-electron chi connectivity index (χ1n) is 20.0. The van der Waals surface area contributed by atoms with Crippen molar-refractivity contribution in [3.63, 3.8) is 0 Å². The van der Waals surface area contributed by atoms with Crippen LogP contribution in [-0.4, -0.2) is 4.57 Å². The Labute approximate surface area is 313 Å². The van der Waals surface area contributed by atoms with Gasteiger partial charge in [-0.2, -0.15) is 0 Å². The van der Waals surface area contributed by atoms with Crippen LogP contribution in [0.3, 0.4) is 0 Å². The molecule has 4 saturated carbocycles. The molecule has 2 spiro atoms. The molecule has 0 N–H and O–H groups in total. The van der Waals surface area contributed by atoms with Crippen LogP contribution in [0.5, 0.6) is 0 Å². The average Bonchev–Trinajstić information content (AvgIpc) is 4.01. The smallest absolute Gasteiger partial charge is 0.143 e. The Hall–Kier alpha value is -5.86. The van der Waals surface area contributed by atoms with Gasteiger partial charge in [0.25, 0.3) is 0 Å². The Morgan fingerprint density at radius 1 is 0.500 bits per heavy atom. The highest BCUT2D eigenvalue weighted by Crippen LogP contribution is 2.89. The lowest BCUT2D eigenvalue weighted by molar-refractivity contribution is -0.231. The van der Waals surface area contributed by atoms with E-state index in [0.717, 1.165) is 62.4 Å². The Morgan fingerprint density at radius 2 is 1.24 bits per heavy atom. The summed E-state index contributed by atoms with van der Waals surface area (Å²) in [7, 11) is 0. The molecule has 7 aromatic carbocycles. The summed E-state index contributed by atoms with van der Waals surface area (Å²) >= 11 is 0. The number of fused-ring (bicyclic) bond motifs is 14. The number of benzene rings is 7. The third-order valence-corrected chi connectivity index (χ3v) is 15.5. The molecule has 4 fully saturated rings. The summed E-state index contributed by atoms with van der Waals surface area (Å²) in [6, 6.07) is 56.8. The van der Waals surface area contributed by atoms with Crippen LogP contribution in [0.25, 0.3) is 82.8 Å². The van der Waals surface area contributed by atoms with Gasteiger partial charge in [-0.25, -0.2) is 0 Å². The Kier molecular flexibility index (Phi) is 5.10. The van der Waals surface area contributed by atoms with Crippen LogP contribution < -0.4 is 0 Å². The molecule has 5 aliphatic rings. The lowest BCUT2D eigenvalue weighted by Crippen LogP contribution is -2.73. The van der Waals surface area contributed by atoms with E-state index in [1.165, 1.54) is 69.7 Å². The Morgan fingerprint density at radius 3 is 2.20 bits per heavy atom. The number of nitrogens with zero attached hydrogens (tertiary/aromatic N) is 1. The lowest BCUT2D eigenvalue weighted by atomic mass is 9.27. The van der Waals surface area contributed by atoms with Gasteiger partial charge in [0.15, 0.2) is 0 Å². The monoisotopic (exact) mass is 691 g/mol. The molecule has 6 unspecified atom stereocenters. The fraction of sp³-hybridized carbons (Fsp3) is 0.192. The van der Waals surface area contributed by atoms with E-state index in [-0.39, 0.29) is 5.41 Å². The van der Waals surface area contributed by atoms with E-state index in [0.29, 0.717) is 5.41 Å². The van der Waals surface area contributed by atoms with Gasteiger partial charge in [0.1, 0.15) is 11.2 Å². The summed E-state index contributed by atoms with van der Waals surface area (Å²) < 4.78 is 8.90. The first-order chi connectivity index (χ1) is 26.7. The van der Waals surface area contributed by atoms with Crippen LogP contribution in [-0.2, 0) is 5.41 Å². The summed E-state index contributed by atoms with van der Waals surface area (Å²) in [5.41, 5.74) is 17.5. The standard InChI is InChI=1S/C52H37NO/c1-4-16-43-37(11-1)41-26-31(19-21-44(41)52(43)48-24-30-23-34-28-49(52)51(34,48)29-30)32-20-22-46-42(27-32)38-12-2-5-17-45(38)53(46)35-10-7-9-33(25-35)36-14-8-15-40-39-13-3-6-18-47(39)54-50(36)40/h1-22,25-27,30,34,48-49H,23-24,28-29H2. The van der Waals surface area contributed by atoms with Gasteiger partial charge in [-0.3, -0.25) is 0 Å². The summed E-state index contributed by atoms with van der Waals surface area (Å²) in [6.45, 7) is 0. The first kappa shape index (κ1) is 28.6. The molecular formula is C52H37NO. The fourth-order valence-corrected chi connectivity index (χ4v) is 13.7. The highest BCUT2D eigenvalue weighted by molar-refractivity contribution is 6.11. The number of aromatic nitrogens is 1. The van der Waals surface area contributed by atoms with Crippen LogP contribution in [0.1, 0.15) is 36.8 Å². The van der Waals surface area contributed by atoms with E-state index in [2.05, 4.69) is 150 Å². The third-order valence-electron chi connectivity index (χ3n) is 15.5. The van der Waals surface area contributed by atoms with Crippen molar-refractivity contribution in [2.45, 2.75) is 31.1 Å². The quantitative estimate of drug-likeness (QED) is 0.180. The van der Waals surface area contributed by atoms with Gasteiger partial charge < -0.3 is 8.98 Å². The van der Waals surface area contributed by atoms with E-state index < -0.39 is 0 Å². The van der Waals surface area contributed by atoms with Gasteiger partial charge in [0, 0.05) is 38.2 Å². The minimum atomic E-state index is 0.248. The molecule has 2 heteroatoms. The molecule has 2 nitrogen and oxygen atoms in total. The molecule has 9 aromatic rings. The molecule has 5 aliphatic carbocycles. The van der Waals surface area contributed by atoms with Crippen LogP contribution in [0.2, 0.25) is 0 Å². The first-order valence-corrected chi connectivity index (χ1v) is 20.0. The summed E-state index contributed by atoms with van der Waals surface area (Å²) in [4.78, 5) is 0. The van der Waals surface area contributed by atoms with E-state index in [9.17, 15) is 0 Å². The van der Waals surface area contributed by atoms with Crippen molar-refractivity contribution < 1.29 is 4.42 Å². The van der Waals surface area contributed by atoms with Crippen molar-refractivity contribution in [1.82, 2.24) is 4.57 Å². The lowest BCUT2D eigenvalue weighted by Gasteiger charge is -2.76. The van der Waals surface area contributed by atoms with E-state index in [1.54, 1.807) is 11.1 Å². The zero-order valence-corrected chi connectivity index (χ0v) is 29.9. The summed E-state index contributed by atoms with van der Waals surface area (Å²) in [5.74, 6) is 3.67. The molecule has 2 heterocycles. The van der Waals surface area contributed by atoms with Gasteiger partial charge >= 0.3 is 0 Å². The summed E-state index contributed by atoms with van der Waals surface area (Å²) in [6.07, 6.45) is 5.92. The average molecular weight is 692 g/mol. The maximum Gasteiger partial charge on any atom is 0.143 e. The molecule has 256 valence electrons. The highest BCUT2D eigenvalue weighted by atomic mass is 16.3. The molecule has 0 amide bonds. The summed E-state index contributed by atoms with van der Waals surface area (Å²) in [5, 5.41) is 4.88. The maximum atomic E-state index is 6.46. The number of rotatable bonds is 3. The molecule has 6 atom stereocenters. The number of hydrogen-bond donors (Lipinski definition) is 0. The second-order valence-corrected chi connectivity index (χ2v) is 17.3. The fourth-order valence-electron chi connectivity index (χ4n) is 13.7. The minimum absolute atomic E-state index is 0.248. The number of hydrogen-bond acceptors (Lipinski definition) is 1. The van der Waals surface area contributed by atoms with Crippen LogP contribution in [0.15, 0.2) is 156 Å². The van der Waals surface area contributed by atoms with Crippen LogP contribution in [0.4, 0.5) is 0 Å². The minimum Gasteiger partial charge on any atom is -0.455 e. The second-order valence-electron chi connectivity index (χ2n) is 17.3. The predicted molar refractivity (Wildman–Crippen MR) is 220 cm³/mol. The van der Waals surface area contributed by atoms with E-state index in [1.807, 2.05) is 6.07 Å². The zero-order valence-electron chi connectivity index (χ0n) is 29.9. The molecule has 0 saturated heterocycles. The van der Waals surface area contributed by atoms with Crippen molar-refractivity contribution in [3.05, 3.63) is 163 Å². The van der Waals surface area contributed by atoms with Crippen molar-refractivity contribution in [2.75, 3.05) is 0 Å². The second kappa shape index (κ2) is 9.62. The third kappa shape index (κ3) is 3.17. The topological polar surface area (TPSA) is 18.1 Å². The number of furan rings is 1. The molecule has 2 bridgehead atoms. The van der Waals surface area contributed by atoms with Gasteiger partial charge in [-0.15, -0.1) is 0 Å². The van der Waals surface area contributed by atoms with E-state index >= 15 is 0 Å². The van der Waals surface area contributed by atoms with Crippen LogP contribution in [0, 0.1) is 29.1 Å². The van der Waals surface area contributed by atoms with Crippen molar-refractivity contribution in [1.29, 1.82) is 0 Å². The van der Waals surface area contributed by atoms with Crippen molar-refractivity contribution in [3.8, 4) is 39.1 Å². The largest absolute Gasteiger partial charge is 0.455 e. The van der Waals surface area contributed by atoms with Gasteiger partial charge in [-0.05, 0) is 136 Å².